The Morgan fingerprint density at radius 1 is 1.56 bits per heavy atom. The number of benzene rings is 1. The first-order chi connectivity index (χ1) is 8.61. The van der Waals surface area contributed by atoms with E-state index in [1.54, 1.807) is 7.11 Å². The fourth-order valence-electron chi connectivity index (χ4n) is 1.74. The molecule has 0 atom stereocenters. The largest absolute Gasteiger partial charge is 0.496 e. The van der Waals surface area contributed by atoms with E-state index < -0.39 is 0 Å². The molecule has 4 nitrogen and oxygen atoms in total. The number of carbonyl (C=O) groups excluding carboxylic acids is 1. The molecule has 0 saturated heterocycles. The molecule has 5 heteroatoms. The molecule has 98 valence electrons. The fourth-order valence-corrected chi connectivity index (χ4v) is 2.28. The predicted octanol–water partition coefficient (Wildman–Crippen LogP) is 2.49. The average molecular weight is 313 g/mol. The van der Waals surface area contributed by atoms with Gasteiger partial charge in [0.2, 0.25) is 5.91 Å². The number of likely N-dealkylation sites (N-methyl/N-ethyl adjacent to an activating group) is 1. The standard InChI is InChI=1S/C13H17BrN2O2/c1-16(10-4-5-10)13(17)8-15-9-3-6-12(18-2)11(14)7-9/h3,6-7,10,15H,4-5,8H2,1-2H3. The lowest BCUT2D eigenvalue weighted by Gasteiger charge is -2.17. The van der Waals surface area contributed by atoms with E-state index in [4.69, 9.17) is 4.74 Å². The SMILES string of the molecule is COc1ccc(NCC(=O)N(C)C2CC2)cc1Br. The van der Waals surface area contributed by atoms with Crippen molar-refractivity contribution in [1.29, 1.82) is 0 Å². The van der Waals surface area contributed by atoms with Crippen molar-refractivity contribution in [3.63, 3.8) is 0 Å². The van der Waals surface area contributed by atoms with Crippen LogP contribution in [0.2, 0.25) is 0 Å². The van der Waals surface area contributed by atoms with Crippen LogP contribution >= 0.6 is 15.9 Å². The molecule has 1 amide bonds. The normalized spacial score (nSPS) is 14.2. The first-order valence-corrected chi connectivity index (χ1v) is 6.74. The van der Waals surface area contributed by atoms with Crippen LogP contribution in [0.3, 0.4) is 0 Å². The number of hydrogen-bond acceptors (Lipinski definition) is 3. The van der Waals surface area contributed by atoms with Crippen LogP contribution in [0, 0.1) is 0 Å². The quantitative estimate of drug-likeness (QED) is 0.908. The maximum absolute atomic E-state index is 11.8. The number of carbonyl (C=O) groups is 1. The minimum Gasteiger partial charge on any atom is -0.496 e. The lowest BCUT2D eigenvalue weighted by atomic mass is 10.3. The van der Waals surface area contributed by atoms with Gasteiger partial charge in [-0.2, -0.15) is 0 Å². The van der Waals surface area contributed by atoms with Crippen LogP contribution in [0.15, 0.2) is 22.7 Å². The molecule has 1 aliphatic carbocycles. The fraction of sp³-hybridized carbons (Fsp3) is 0.462. The van der Waals surface area contributed by atoms with Gasteiger partial charge in [-0.3, -0.25) is 4.79 Å². The molecule has 0 aliphatic heterocycles. The number of ether oxygens (including phenoxy) is 1. The number of halogens is 1. The van der Waals surface area contributed by atoms with Crippen molar-refractivity contribution in [1.82, 2.24) is 4.90 Å². The number of nitrogens with zero attached hydrogens (tertiary/aromatic N) is 1. The number of anilines is 1. The van der Waals surface area contributed by atoms with Crippen LogP contribution in [0.25, 0.3) is 0 Å². The van der Waals surface area contributed by atoms with Crippen molar-refractivity contribution < 1.29 is 9.53 Å². The second-order valence-corrected chi connectivity index (χ2v) is 5.29. The molecule has 0 unspecified atom stereocenters. The molecule has 0 spiro atoms. The Kier molecular flexibility index (Phi) is 4.11. The lowest BCUT2D eigenvalue weighted by molar-refractivity contribution is -0.128. The molecule has 18 heavy (non-hydrogen) atoms. The number of nitrogens with one attached hydrogen (secondary N) is 1. The van der Waals surface area contributed by atoms with Crippen molar-refractivity contribution in [3.05, 3.63) is 22.7 Å². The topological polar surface area (TPSA) is 41.6 Å². The van der Waals surface area contributed by atoms with Gasteiger partial charge in [0.25, 0.3) is 0 Å². The van der Waals surface area contributed by atoms with Gasteiger partial charge in [0.15, 0.2) is 0 Å². The van der Waals surface area contributed by atoms with E-state index in [0.717, 1.165) is 28.8 Å². The summed E-state index contributed by atoms with van der Waals surface area (Å²) < 4.78 is 6.03. The Morgan fingerprint density at radius 3 is 2.83 bits per heavy atom. The molecular formula is C13H17BrN2O2. The molecular weight excluding hydrogens is 296 g/mol. The van der Waals surface area contributed by atoms with Crippen LogP contribution in [-0.4, -0.2) is 37.6 Å². The summed E-state index contributed by atoms with van der Waals surface area (Å²) in [6.45, 7) is 0.325. The first kappa shape index (κ1) is 13.2. The van der Waals surface area contributed by atoms with E-state index in [-0.39, 0.29) is 5.91 Å². The Bertz CT molecular complexity index is 447. The van der Waals surface area contributed by atoms with E-state index in [1.165, 1.54) is 0 Å². The average Bonchev–Trinajstić information content (AvgIpc) is 3.19. The third kappa shape index (κ3) is 3.16. The molecule has 1 saturated carbocycles. The van der Waals surface area contributed by atoms with Crippen LogP contribution in [0.5, 0.6) is 5.75 Å². The molecule has 2 rings (SSSR count). The summed E-state index contributed by atoms with van der Waals surface area (Å²) in [6, 6.07) is 6.13. The molecule has 1 aliphatic rings. The Morgan fingerprint density at radius 2 is 2.28 bits per heavy atom. The Balaban J connectivity index is 1.89. The Labute approximate surface area is 115 Å². The second kappa shape index (κ2) is 5.61. The zero-order valence-corrected chi connectivity index (χ0v) is 12.2. The highest BCUT2D eigenvalue weighted by atomic mass is 79.9. The van der Waals surface area contributed by atoms with Gasteiger partial charge < -0.3 is 15.0 Å². The van der Waals surface area contributed by atoms with Gasteiger partial charge in [-0.15, -0.1) is 0 Å². The monoisotopic (exact) mass is 312 g/mol. The highest BCUT2D eigenvalue weighted by Gasteiger charge is 2.29. The van der Waals surface area contributed by atoms with Crippen LogP contribution in [-0.2, 0) is 4.79 Å². The minimum atomic E-state index is 0.129. The van der Waals surface area contributed by atoms with E-state index in [2.05, 4.69) is 21.2 Å². The second-order valence-electron chi connectivity index (χ2n) is 4.44. The highest BCUT2D eigenvalue weighted by Crippen LogP contribution is 2.28. The molecule has 1 aromatic rings. The van der Waals surface area contributed by atoms with Crippen molar-refractivity contribution in [3.8, 4) is 5.75 Å². The van der Waals surface area contributed by atoms with Crippen LogP contribution < -0.4 is 10.1 Å². The van der Waals surface area contributed by atoms with Gasteiger partial charge in [-0.1, -0.05) is 0 Å². The summed E-state index contributed by atoms with van der Waals surface area (Å²) >= 11 is 3.42. The van der Waals surface area contributed by atoms with Gasteiger partial charge in [0.05, 0.1) is 18.1 Å². The van der Waals surface area contributed by atoms with E-state index in [9.17, 15) is 4.79 Å². The summed E-state index contributed by atoms with van der Waals surface area (Å²) in [5.41, 5.74) is 0.903. The zero-order valence-electron chi connectivity index (χ0n) is 10.6. The predicted molar refractivity (Wildman–Crippen MR) is 75.0 cm³/mol. The summed E-state index contributed by atoms with van der Waals surface area (Å²) in [7, 11) is 3.49. The van der Waals surface area contributed by atoms with E-state index in [1.807, 2.05) is 30.1 Å². The van der Waals surface area contributed by atoms with Gasteiger partial charge in [0.1, 0.15) is 5.75 Å². The van der Waals surface area contributed by atoms with Crippen LogP contribution in [0.1, 0.15) is 12.8 Å². The molecule has 0 heterocycles. The minimum absolute atomic E-state index is 0.129. The Hall–Kier alpha value is -1.23. The summed E-state index contributed by atoms with van der Waals surface area (Å²) in [4.78, 5) is 13.7. The van der Waals surface area contributed by atoms with Gasteiger partial charge in [0, 0.05) is 18.8 Å². The summed E-state index contributed by atoms with van der Waals surface area (Å²) in [5, 5.41) is 3.12. The van der Waals surface area contributed by atoms with Crippen molar-refractivity contribution in [2.45, 2.75) is 18.9 Å². The molecule has 1 N–H and O–H groups in total. The summed E-state index contributed by atoms with van der Waals surface area (Å²) in [6.07, 6.45) is 2.27. The number of rotatable bonds is 5. The van der Waals surface area contributed by atoms with Gasteiger partial charge >= 0.3 is 0 Å². The first-order valence-electron chi connectivity index (χ1n) is 5.95. The van der Waals surface area contributed by atoms with E-state index >= 15 is 0 Å². The van der Waals surface area contributed by atoms with Crippen molar-refractivity contribution in [2.24, 2.45) is 0 Å². The zero-order chi connectivity index (χ0) is 13.1. The van der Waals surface area contributed by atoms with Gasteiger partial charge in [-0.25, -0.2) is 0 Å². The van der Waals surface area contributed by atoms with Crippen molar-refractivity contribution >= 4 is 27.5 Å². The van der Waals surface area contributed by atoms with E-state index in [0.29, 0.717) is 12.6 Å². The highest BCUT2D eigenvalue weighted by molar-refractivity contribution is 9.10. The third-order valence-corrected chi connectivity index (χ3v) is 3.70. The number of hydrogen-bond donors (Lipinski definition) is 1. The molecule has 0 aromatic heterocycles. The van der Waals surface area contributed by atoms with Gasteiger partial charge in [-0.05, 0) is 47.0 Å². The molecule has 1 aromatic carbocycles. The smallest absolute Gasteiger partial charge is 0.241 e. The number of methoxy groups -OCH3 is 1. The third-order valence-electron chi connectivity index (χ3n) is 3.08. The molecule has 1 fully saturated rings. The maximum Gasteiger partial charge on any atom is 0.241 e. The maximum atomic E-state index is 11.8. The molecule has 0 bridgehead atoms. The lowest BCUT2D eigenvalue weighted by Crippen LogP contribution is -2.33. The molecule has 0 radical (unpaired) electrons. The van der Waals surface area contributed by atoms with Crippen LogP contribution in [0.4, 0.5) is 5.69 Å². The van der Waals surface area contributed by atoms with Crippen molar-refractivity contribution in [2.75, 3.05) is 26.0 Å². The number of amides is 1. The summed E-state index contributed by atoms with van der Waals surface area (Å²) in [5.74, 6) is 0.909.